The van der Waals surface area contributed by atoms with E-state index in [9.17, 15) is 9.59 Å². The summed E-state index contributed by atoms with van der Waals surface area (Å²) in [7, 11) is 0. The van der Waals surface area contributed by atoms with Crippen molar-refractivity contribution in [2.75, 3.05) is 13.1 Å². The van der Waals surface area contributed by atoms with E-state index in [1.165, 1.54) is 0 Å². The zero-order chi connectivity index (χ0) is 18.5. The first-order valence-corrected chi connectivity index (χ1v) is 9.25. The van der Waals surface area contributed by atoms with Gasteiger partial charge in [-0.05, 0) is 42.2 Å². The summed E-state index contributed by atoms with van der Waals surface area (Å²) < 4.78 is 0. The molecule has 0 spiro atoms. The van der Waals surface area contributed by atoms with Crippen molar-refractivity contribution < 1.29 is 9.59 Å². The lowest BCUT2D eigenvalue weighted by atomic mass is 10.1. The number of likely N-dealkylation sites (tertiary alicyclic amines) is 1. The van der Waals surface area contributed by atoms with E-state index in [4.69, 9.17) is 11.6 Å². The highest BCUT2D eigenvalue weighted by Gasteiger charge is 2.33. The van der Waals surface area contributed by atoms with Gasteiger partial charge in [0.25, 0.3) is 0 Å². The van der Waals surface area contributed by atoms with Gasteiger partial charge in [-0.3, -0.25) is 9.59 Å². The van der Waals surface area contributed by atoms with Gasteiger partial charge < -0.3 is 10.2 Å². The zero-order valence-corrected chi connectivity index (χ0v) is 15.6. The molecule has 26 heavy (non-hydrogen) atoms. The molecule has 0 radical (unpaired) electrons. The second kappa shape index (κ2) is 8.37. The fourth-order valence-corrected chi connectivity index (χ4v) is 3.47. The summed E-state index contributed by atoms with van der Waals surface area (Å²) in [6, 6.07) is 15.6. The Hall–Kier alpha value is -2.33. The second-order valence-corrected chi connectivity index (χ2v) is 7.20. The monoisotopic (exact) mass is 370 g/mol. The van der Waals surface area contributed by atoms with Crippen molar-refractivity contribution in [1.29, 1.82) is 0 Å². The number of carbonyl (C=O) groups excluding carboxylic acids is 2. The highest BCUT2D eigenvalue weighted by Crippen LogP contribution is 2.19. The molecule has 1 heterocycles. The molecular weight excluding hydrogens is 348 g/mol. The molecule has 1 N–H and O–H groups in total. The summed E-state index contributed by atoms with van der Waals surface area (Å²) in [5.41, 5.74) is 3.35. The van der Waals surface area contributed by atoms with Gasteiger partial charge in [0.05, 0.1) is 5.92 Å². The molecular formula is C21H23ClN2O2. The molecule has 1 unspecified atom stereocenters. The van der Waals surface area contributed by atoms with Crippen molar-refractivity contribution in [2.45, 2.75) is 26.3 Å². The predicted octanol–water partition coefficient (Wildman–Crippen LogP) is 3.36. The van der Waals surface area contributed by atoms with Crippen LogP contribution in [-0.2, 0) is 22.6 Å². The lowest BCUT2D eigenvalue weighted by molar-refractivity contribution is -0.129. The highest BCUT2D eigenvalue weighted by molar-refractivity contribution is 6.30. The van der Waals surface area contributed by atoms with Gasteiger partial charge in [-0.25, -0.2) is 0 Å². The summed E-state index contributed by atoms with van der Waals surface area (Å²) in [6.45, 7) is 3.62. The maximum atomic E-state index is 12.4. The van der Waals surface area contributed by atoms with Crippen LogP contribution in [-0.4, -0.2) is 29.8 Å². The summed E-state index contributed by atoms with van der Waals surface area (Å²) in [4.78, 5) is 26.4. The SMILES string of the molecule is Cc1ccccc1CNC(=O)C1CC(=O)N(CCc2cccc(Cl)c2)C1. The molecule has 1 saturated heterocycles. The van der Waals surface area contributed by atoms with Crippen molar-refractivity contribution in [3.8, 4) is 0 Å². The van der Waals surface area contributed by atoms with Crippen molar-refractivity contribution in [2.24, 2.45) is 5.92 Å². The Bertz CT molecular complexity index is 806. The molecule has 5 heteroatoms. The summed E-state index contributed by atoms with van der Waals surface area (Å²) in [5, 5.41) is 3.67. The van der Waals surface area contributed by atoms with Crippen LogP contribution < -0.4 is 5.32 Å². The smallest absolute Gasteiger partial charge is 0.225 e. The van der Waals surface area contributed by atoms with E-state index in [1.54, 1.807) is 4.90 Å². The first kappa shape index (κ1) is 18.5. The fraction of sp³-hybridized carbons (Fsp3) is 0.333. The molecule has 0 aliphatic carbocycles. The van der Waals surface area contributed by atoms with Crippen LogP contribution in [0.4, 0.5) is 0 Å². The van der Waals surface area contributed by atoms with Crippen LogP contribution in [0, 0.1) is 12.8 Å². The molecule has 136 valence electrons. The third-order valence-corrected chi connectivity index (χ3v) is 5.09. The predicted molar refractivity (Wildman–Crippen MR) is 103 cm³/mol. The molecule has 1 atom stereocenters. The third kappa shape index (κ3) is 4.64. The number of aryl methyl sites for hydroxylation is 1. The minimum absolute atomic E-state index is 0.0445. The molecule has 2 aromatic rings. The number of hydrogen-bond acceptors (Lipinski definition) is 2. The van der Waals surface area contributed by atoms with E-state index in [0.29, 0.717) is 24.7 Å². The lowest BCUT2D eigenvalue weighted by Gasteiger charge is -2.17. The summed E-state index contributed by atoms with van der Waals surface area (Å²) in [6.07, 6.45) is 1.03. The number of hydrogen-bond donors (Lipinski definition) is 1. The number of rotatable bonds is 6. The van der Waals surface area contributed by atoms with Gasteiger partial charge in [0.1, 0.15) is 0 Å². The molecule has 1 fully saturated rings. The van der Waals surface area contributed by atoms with Gasteiger partial charge in [-0.2, -0.15) is 0 Å². The average molecular weight is 371 g/mol. The minimum Gasteiger partial charge on any atom is -0.352 e. The van der Waals surface area contributed by atoms with Crippen molar-refractivity contribution in [1.82, 2.24) is 10.2 Å². The van der Waals surface area contributed by atoms with Crippen LogP contribution in [0.25, 0.3) is 0 Å². The number of amides is 2. The van der Waals surface area contributed by atoms with E-state index in [-0.39, 0.29) is 24.2 Å². The lowest BCUT2D eigenvalue weighted by Crippen LogP contribution is -2.33. The van der Waals surface area contributed by atoms with E-state index in [1.807, 2.05) is 55.5 Å². The van der Waals surface area contributed by atoms with Gasteiger partial charge in [0.15, 0.2) is 0 Å². The number of benzene rings is 2. The second-order valence-electron chi connectivity index (χ2n) is 6.77. The van der Waals surface area contributed by atoms with Crippen molar-refractivity contribution in [3.63, 3.8) is 0 Å². The largest absolute Gasteiger partial charge is 0.352 e. The van der Waals surface area contributed by atoms with Crippen molar-refractivity contribution in [3.05, 3.63) is 70.2 Å². The first-order chi connectivity index (χ1) is 12.5. The molecule has 4 nitrogen and oxygen atoms in total. The normalized spacial score (nSPS) is 16.8. The number of nitrogens with one attached hydrogen (secondary N) is 1. The van der Waals surface area contributed by atoms with E-state index in [2.05, 4.69) is 5.32 Å². The average Bonchev–Trinajstić information content (AvgIpc) is 3.00. The molecule has 0 bridgehead atoms. The summed E-state index contributed by atoms with van der Waals surface area (Å²) in [5.74, 6) is -0.277. The molecule has 0 aromatic heterocycles. The Labute approximate surface area is 159 Å². The van der Waals surface area contributed by atoms with Gasteiger partial charge in [-0.1, -0.05) is 48.0 Å². The Morgan fingerprint density at radius 1 is 1.23 bits per heavy atom. The summed E-state index contributed by atoms with van der Waals surface area (Å²) >= 11 is 6.00. The molecule has 3 rings (SSSR count). The van der Waals surface area contributed by atoms with Gasteiger partial charge in [0, 0.05) is 31.1 Å². The topological polar surface area (TPSA) is 49.4 Å². The van der Waals surface area contributed by atoms with Crippen LogP contribution in [0.2, 0.25) is 5.02 Å². The maximum Gasteiger partial charge on any atom is 0.225 e. The van der Waals surface area contributed by atoms with Gasteiger partial charge >= 0.3 is 0 Å². The molecule has 1 aliphatic rings. The van der Waals surface area contributed by atoms with Crippen molar-refractivity contribution >= 4 is 23.4 Å². The molecule has 2 aromatic carbocycles. The Kier molecular flexibility index (Phi) is 5.94. The van der Waals surface area contributed by atoms with Crippen LogP contribution in [0.1, 0.15) is 23.1 Å². The number of nitrogens with zero attached hydrogens (tertiary/aromatic N) is 1. The number of carbonyl (C=O) groups is 2. The highest BCUT2D eigenvalue weighted by atomic mass is 35.5. The van der Waals surface area contributed by atoms with Crippen LogP contribution in [0.15, 0.2) is 48.5 Å². The fourth-order valence-electron chi connectivity index (χ4n) is 3.26. The van der Waals surface area contributed by atoms with E-state index >= 15 is 0 Å². The first-order valence-electron chi connectivity index (χ1n) is 8.87. The molecule has 2 amide bonds. The number of halogens is 1. The van der Waals surface area contributed by atoms with E-state index in [0.717, 1.165) is 23.1 Å². The Morgan fingerprint density at radius 2 is 2.04 bits per heavy atom. The standard InChI is InChI=1S/C21H23ClN2O2/c1-15-5-2-3-7-17(15)13-23-21(26)18-12-20(25)24(14-18)10-9-16-6-4-8-19(22)11-16/h2-8,11,18H,9-10,12-14H2,1H3,(H,23,26). The van der Waals surface area contributed by atoms with Crippen LogP contribution in [0.3, 0.4) is 0 Å². The van der Waals surface area contributed by atoms with Crippen LogP contribution in [0.5, 0.6) is 0 Å². The minimum atomic E-state index is -0.272. The quantitative estimate of drug-likeness (QED) is 0.847. The van der Waals surface area contributed by atoms with Gasteiger partial charge in [-0.15, -0.1) is 0 Å². The van der Waals surface area contributed by atoms with Gasteiger partial charge in [0.2, 0.25) is 11.8 Å². The molecule has 0 saturated carbocycles. The maximum absolute atomic E-state index is 12.4. The molecule has 1 aliphatic heterocycles. The van der Waals surface area contributed by atoms with E-state index < -0.39 is 0 Å². The Balaban J connectivity index is 1.50. The zero-order valence-electron chi connectivity index (χ0n) is 14.9. The Morgan fingerprint density at radius 3 is 2.81 bits per heavy atom. The third-order valence-electron chi connectivity index (χ3n) is 4.86. The van der Waals surface area contributed by atoms with Crippen LogP contribution >= 0.6 is 11.6 Å².